The van der Waals surface area contributed by atoms with Crippen LogP contribution in [0.4, 0.5) is 19.0 Å². The van der Waals surface area contributed by atoms with Crippen LogP contribution in [-0.4, -0.2) is 9.97 Å². The molecule has 1 atom stereocenters. The molecule has 106 valence electrons. The van der Waals surface area contributed by atoms with E-state index in [0.29, 0.717) is 0 Å². The topological polar surface area (TPSA) is 37.8 Å². The highest BCUT2D eigenvalue weighted by atomic mass is 35.5. The molecule has 0 bridgehead atoms. The Kier molecular flexibility index (Phi) is 4.13. The van der Waals surface area contributed by atoms with Crippen molar-refractivity contribution in [2.75, 3.05) is 5.32 Å². The highest BCUT2D eigenvalue weighted by Gasteiger charge is 2.31. The predicted molar refractivity (Wildman–Crippen MR) is 70.5 cm³/mol. The van der Waals surface area contributed by atoms with Crippen LogP contribution >= 0.6 is 11.6 Å². The molecule has 2 aromatic heterocycles. The Morgan fingerprint density at radius 2 is 2.05 bits per heavy atom. The standard InChI is InChI=1S/C13H11ClF3N3/c1-8(9-3-2-4-18-7-9)19-12-6-10(13(15,16)17)5-11(14)20-12/h2-8H,1H3,(H,19,20). The van der Waals surface area contributed by atoms with E-state index in [9.17, 15) is 13.2 Å². The van der Waals surface area contributed by atoms with E-state index in [1.807, 2.05) is 6.07 Å². The number of rotatable bonds is 3. The molecule has 0 spiro atoms. The third-order valence-corrected chi connectivity index (χ3v) is 2.86. The molecule has 0 saturated heterocycles. The zero-order valence-electron chi connectivity index (χ0n) is 10.4. The van der Waals surface area contributed by atoms with Gasteiger partial charge in [0.15, 0.2) is 0 Å². The summed E-state index contributed by atoms with van der Waals surface area (Å²) in [4.78, 5) is 7.80. The van der Waals surface area contributed by atoms with Crippen LogP contribution in [0, 0.1) is 0 Å². The molecule has 7 heteroatoms. The van der Waals surface area contributed by atoms with Crippen molar-refractivity contribution >= 4 is 17.4 Å². The van der Waals surface area contributed by atoms with Crippen molar-refractivity contribution in [1.82, 2.24) is 9.97 Å². The first-order chi connectivity index (χ1) is 9.36. The van der Waals surface area contributed by atoms with Gasteiger partial charge in [0.1, 0.15) is 11.0 Å². The highest BCUT2D eigenvalue weighted by molar-refractivity contribution is 6.29. The summed E-state index contributed by atoms with van der Waals surface area (Å²) < 4.78 is 38.1. The van der Waals surface area contributed by atoms with Crippen molar-refractivity contribution < 1.29 is 13.2 Å². The fourth-order valence-corrected chi connectivity index (χ4v) is 1.88. The molecule has 3 nitrogen and oxygen atoms in total. The second kappa shape index (κ2) is 5.66. The van der Waals surface area contributed by atoms with Gasteiger partial charge in [0.25, 0.3) is 0 Å². The van der Waals surface area contributed by atoms with Gasteiger partial charge in [0.2, 0.25) is 0 Å². The molecular formula is C13H11ClF3N3. The summed E-state index contributed by atoms with van der Waals surface area (Å²) in [5, 5.41) is 2.67. The lowest BCUT2D eigenvalue weighted by molar-refractivity contribution is -0.137. The van der Waals surface area contributed by atoms with Gasteiger partial charge in [0, 0.05) is 12.4 Å². The second-order valence-corrected chi connectivity index (χ2v) is 4.60. The van der Waals surface area contributed by atoms with E-state index in [-0.39, 0.29) is 17.0 Å². The number of nitrogens with zero attached hydrogens (tertiary/aromatic N) is 2. The van der Waals surface area contributed by atoms with Gasteiger partial charge in [0.05, 0.1) is 11.6 Å². The first-order valence-corrected chi connectivity index (χ1v) is 6.15. The molecule has 20 heavy (non-hydrogen) atoms. The smallest absolute Gasteiger partial charge is 0.363 e. The molecule has 2 heterocycles. The molecule has 2 aromatic rings. The summed E-state index contributed by atoms with van der Waals surface area (Å²) in [7, 11) is 0. The van der Waals surface area contributed by atoms with E-state index in [1.165, 1.54) is 0 Å². The van der Waals surface area contributed by atoms with Crippen molar-refractivity contribution in [2.24, 2.45) is 0 Å². The molecule has 0 fully saturated rings. The average molecular weight is 302 g/mol. The van der Waals surface area contributed by atoms with Crippen LogP contribution in [0.2, 0.25) is 5.15 Å². The maximum atomic E-state index is 12.7. The molecular weight excluding hydrogens is 291 g/mol. The monoisotopic (exact) mass is 301 g/mol. The summed E-state index contributed by atoms with van der Waals surface area (Å²) in [6, 6.07) is 5.05. The van der Waals surface area contributed by atoms with Crippen LogP contribution in [0.5, 0.6) is 0 Å². The largest absolute Gasteiger partial charge is 0.416 e. The molecule has 1 N–H and O–H groups in total. The Bertz CT molecular complexity index is 587. The fourth-order valence-electron chi connectivity index (χ4n) is 1.67. The normalized spacial score (nSPS) is 13.1. The summed E-state index contributed by atoms with van der Waals surface area (Å²) >= 11 is 5.62. The average Bonchev–Trinajstić information content (AvgIpc) is 2.38. The Morgan fingerprint density at radius 3 is 2.65 bits per heavy atom. The lowest BCUT2D eigenvalue weighted by Gasteiger charge is -2.16. The third kappa shape index (κ3) is 3.60. The summed E-state index contributed by atoms with van der Waals surface area (Å²) in [6.45, 7) is 1.80. The maximum absolute atomic E-state index is 12.7. The van der Waals surface area contributed by atoms with Crippen molar-refractivity contribution in [2.45, 2.75) is 19.1 Å². The van der Waals surface area contributed by atoms with E-state index >= 15 is 0 Å². The number of halogens is 4. The highest BCUT2D eigenvalue weighted by Crippen LogP contribution is 2.32. The molecule has 0 aliphatic heterocycles. The van der Waals surface area contributed by atoms with Crippen LogP contribution in [-0.2, 0) is 6.18 Å². The number of alkyl halides is 3. The van der Waals surface area contributed by atoms with Crippen LogP contribution in [0.15, 0.2) is 36.7 Å². The third-order valence-electron chi connectivity index (χ3n) is 2.67. The van der Waals surface area contributed by atoms with E-state index in [4.69, 9.17) is 11.6 Å². The van der Waals surface area contributed by atoms with Gasteiger partial charge in [-0.2, -0.15) is 13.2 Å². The zero-order chi connectivity index (χ0) is 14.8. The van der Waals surface area contributed by atoms with Crippen LogP contribution < -0.4 is 5.32 Å². The minimum absolute atomic E-state index is 0.0705. The second-order valence-electron chi connectivity index (χ2n) is 4.21. The molecule has 0 amide bonds. The molecule has 0 saturated carbocycles. The van der Waals surface area contributed by atoms with Gasteiger partial charge in [-0.25, -0.2) is 4.98 Å². The summed E-state index contributed by atoms with van der Waals surface area (Å²) in [5.41, 5.74) is 0.00113. The zero-order valence-corrected chi connectivity index (χ0v) is 11.2. The summed E-state index contributed by atoms with van der Waals surface area (Å²) in [5.74, 6) is 0.0705. The van der Waals surface area contributed by atoms with Crippen molar-refractivity contribution in [3.05, 3.63) is 52.9 Å². The van der Waals surface area contributed by atoms with Crippen LogP contribution in [0.1, 0.15) is 24.1 Å². The summed E-state index contributed by atoms with van der Waals surface area (Å²) in [6.07, 6.45) is -1.21. The minimum Gasteiger partial charge on any atom is -0.363 e. The maximum Gasteiger partial charge on any atom is 0.416 e. The Labute approximate surface area is 118 Å². The molecule has 0 aliphatic rings. The lowest BCUT2D eigenvalue weighted by atomic mass is 10.1. The molecule has 0 aromatic carbocycles. The number of hydrogen-bond donors (Lipinski definition) is 1. The van der Waals surface area contributed by atoms with E-state index in [1.54, 1.807) is 25.4 Å². The minimum atomic E-state index is -4.46. The van der Waals surface area contributed by atoms with Crippen molar-refractivity contribution in [3.63, 3.8) is 0 Å². The Hall–Kier alpha value is -1.82. The first-order valence-electron chi connectivity index (χ1n) is 5.77. The number of anilines is 1. The van der Waals surface area contributed by atoms with Crippen molar-refractivity contribution in [3.8, 4) is 0 Å². The molecule has 1 unspecified atom stereocenters. The van der Waals surface area contributed by atoms with Gasteiger partial charge in [-0.05, 0) is 30.7 Å². The number of hydrogen-bond acceptors (Lipinski definition) is 3. The Morgan fingerprint density at radius 1 is 1.30 bits per heavy atom. The number of aromatic nitrogens is 2. The predicted octanol–water partition coefficient (Wildman–Crippen LogP) is 4.32. The van der Waals surface area contributed by atoms with Gasteiger partial charge in [-0.1, -0.05) is 17.7 Å². The number of pyridine rings is 2. The SMILES string of the molecule is CC(Nc1cc(C(F)(F)F)cc(Cl)n1)c1cccnc1. The van der Waals surface area contributed by atoms with Gasteiger partial charge in [-0.15, -0.1) is 0 Å². The van der Waals surface area contributed by atoms with E-state index < -0.39 is 11.7 Å². The van der Waals surface area contributed by atoms with Gasteiger partial charge < -0.3 is 5.32 Å². The van der Waals surface area contributed by atoms with Gasteiger partial charge in [-0.3, -0.25) is 4.98 Å². The van der Waals surface area contributed by atoms with Crippen LogP contribution in [0.25, 0.3) is 0 Å². The molecule has 0 aliphatic carbocycles. The molecule has 2 rings (SSSR count). The van der Waals surface area contributed by atoms with E-state index in [0.717, 1.165) is 17.7 Å². The lowest BCUT2D eigenvalue weighted by Crippen LogP contribution is -2.11. The molecule has 0 radical (unpaired) electrons. The quantitative estimate of drug-likeness (QED) is 0.858. The Balaban J connectivity index is 2.24. The fraction of sp³-hybridized carbons (Fsp3) is 0.231. The van der Waals surface area contributed by atoms with E-state index in [2.05, 4.69) is 15.3 Å². The number of nitrogens with one attached hydrogen (secondary N) is 1. The first kappa shape index (κ1) is 14.6. The van der Waals surface area contributed by atoms with Crippen LogP contribution in [0.3, 0.4) is 0 Å². The van der Waals surface area contributed by atoms with Crippen molar-refractivity contribution in [1.29, 1.82) is 0 Å². The van der Waals surface area contributed by atoms with Gasteiger partial charge >= 0.3 is 6.18 Å².